The maximum atomic E-state index is 12.4. The van der Waals surface area contributed by atoms with Crippen molar-refractivity contribution in [2.75, 3.05) is 20.3 Å². The number of rotatable bonds is 8. The maximum absolute atomic E-state index is 12.4. The van der Waals surface area contributed by atoms with E-state index < -0.39 is 6.04 Å². The molecule has 1 aromatic rings. The van der Waals surface area contributed by atoms with Gasteiger partial charge in [0.1, 0.15) is 5.75 Å². The van der Waals surface area contributed by atoms with Crippen molar-refractivity contribution in [3.63, 3.8) is 0 Å². The molecule has 1 unspecified atom stereocenters. The Labute approximate surface area is 126 Å². The van der Waals surface area contributed by atoms with E-state index in [9.17, 15) is 9.90 Å². The van der Waals surface area contributed by atoms with Crippen molar-refractivity contribution < 1.29 is 14.6 Å². The van der Waals surface area contributed by atoms with Crippen LogP contribution >= 0.6 is 0 Å². The van der Waals surface area contributed by atoms with Crippen LogP contribution in [0.1, 0.15) is 25.8 Å². The van der Waals surface area contributed by atoms with E-state index in [4.69, 9.17) is 10.5 Å². The summed E-state index contributed by atoms with van der Waals surface area (Å²) in [5, 5.41) is 9.19. The van der Waals surface area contributed by atoms with Crippen LogP contribution in [-0.2, 0) is 11.3 Å². The largest absolute Gasteiger partial charge is 0.496 e. The van der Waals surface area contributed by atoms with E-state index in [1.54, 1.807) is 12.0 Å². The Morgan fingerprint density at radius 3 is 2.62 bits per heavy atom. The van der Waals surface area contributed by atoms with Gasteiger partial charge in [0.15, 0.2) is 0 Å². The summed E-state index contributed by atoms with van der Waals surface area (Å²) in [4.78, 5) is 14.0. The third-order valence-corrected chi connectivity index (χ3v) is 3.28. The van der Waals surface area contributed by atoms with Gasteiger partial charge in [-0.25, -0.2) is 0 Å². The summed E-state index contributed by atoms with van der Waals surface area (Å²) >= 11 is 0. The van der Waals surface area contributed by atoms with Crippen LogP contribution in [0.25, 0.3) is 0 Å². The van der Waals surface area contributed by atoms with Crippen LogP contribution in [0.15, 0.2) is 24.3 Å². The summed E-state index contributed by atoms with van der Waals surface area (Å²) in [6, 6.07) is 7.00. The summed E-state index contributed by atoms with van der Waals surface area (Å²) in [7, 11) is 1.60. The van der Waals surface area contributed by atoms with E-state index in [1.165, 1.54) is 0 Å². The molecule has 0 radical (unpaired) electrons. The Kier molecular flexibility index (Phi) is 7.19. The van der Waals surface area contributed by atoms with E-state index in [-0.39, 0.29) is 19.1 Å². The number of para-hydroxylation sites is 1. The second-order valence-electron chi connectivity index (χ2n) is 5.53. The fourth-order valence-electron chi connectivity index (χ4n) is 2.27. The van der Waals surface area contributed by atoms with Gasteiger partial charge in [-0.1, -0.05) is 32.0 Å². The van der Waals surface area contributed by atoms with Gasteiger partial charge in [0.05, 0.1) is 19.8 Å². The lowest BCUT2D eigenvalue weighted by molar-refractivity contribution is -0.134. The first-order valence-corrected chi connectivity index (χ1v) is 7.26. The molecule has 1 aromatic carbocycles. The molecule has 0 aliphatic rings. The van der Waals surface area contributed by atoms with E-state index in [0.717, 1.165) is 11.3 Å². The van der Waals surface area contributed by atoms with Crippen LogP contribution in [0.4, 0.5) is 0 Å². The van der Waals surface area contributed by atoms with E-state index in [0.29, 0.717) is 18.9 Å². The number of carbonyl (C=O) groups is 1. The molecule has 5 nitrogen and oxygen atoms in total. The van der Waals surface area contributed by atoms with Gasteiger partial charge in [-0.2, -0.15) is 0 Å². The van der Waals surface area contributed by atoms with Crippen LogP contribution in [0.3, 0.4) is 0 Å². The standard InChI is InChI=1S/C16H26N2O3/c1-12(2)10-14(17)16(20)18(8-9-19)11-13-6-4-5-7-15(13)21-3/h4-7,12,14,19H,8-11,17H2,1-3H3. The first-order valence-electron chi connectivity index (χ1n) is 7.26. The zero-order valence-corrected chi connectivity index (χ0v) is 13.1. The molecule has 3 N–H and O–H groups in total. The van der Waals surface area contributed by atoms with Gasteiger partial charge in [0.25, 0.3) is 0 Å². The van der Waals surface area contributed by atoms with Crippen molar-refractivity contribution in [1.82, 2.24) is 4.90 Å². The normalized spacial score (nSPS) is 12.3. The van der Waals surface area contributed by atoms with Crippen LogP contribution in [0.5, 0.6) is 5.75 Å². The van der Waals surface area contributed by atoms with E-state index in [1.807, 2.05) is 38.1 Å². The topological polar surface area (TPSA) is 75.8 Å². The Balaban J connectivity index is 2.83. The smallest absolute Gasteiger partial charge is 0.239 e. The third-order valence-electron chi connectivity index (χ3n) is 3.28. The SMILES string of the molecule is COc1ccccc1CN(CCO)C(=O)C(N)CC(C)C. The Bertz CT molecular complexity index is 449. The molecule has 0 aromatic heterocycles. The summed E-state index contributed by atoms with van der Waals surface area (Å²) in [5.41, 5.74) is 6.87. The highest BCUT2D eigenvalue weighted by Crippen LogP contribution is 2.20. The van der Waals surface area contributed by atoms with E-state index >= 15 is 0 Å². The molecule has 0 saturated carbocycles. The number of methoxy groups -OCH3 is 1. The van der Waals surface area contributed by atoms with Gasteiger partial charge in [0, 0.05) is 18.7 Å². The van der Waals surface area contributed by atoms with Crippen molar-refractivity contribution in [1.29, 1.82) is 0 Å². The fraction of sp³-hybridized carbons (Fsp3) is 0.562. The zero-order valence-electron chi connectivity index (χ0n) is 13.1. The van der Waals surface area contributed by atoms with E-state index in [2.05, 4.69) is 0 Å². The maximum Gasteiger partial charge on any atom is 0.239 e. The highest BCUT2D eigenvalue weighted by atomic mass is 16.5. The number of amides is 1. The summed E-state index contributed by atoms with van der Waals surface area (Å²) < 4.78 is 5.30. The second kappa shape index (κ2) is 8.64. The number of nitrogens with two attached hydrogens (primary N) is 1. The summed E-state index contributed by atoms with van der Waals surface area (Å²) in [5.74, 6) is 0.945. The number of aliphatic hydroxyl groups is 1. The molecular weight excluding hydrogens is 268 g/mol. The van der Waals surface area contributed by atoms with Crippen molar-refractivity contribution >= 4 is 5.91 Å². The molecule has 0 heterocycles. The van der Waals surface area contributed by atoms with Crippen LogP contribution in [0, 0.1) is 5.92 Å². The summed E-state index contributed by atoms with van der Waals surface area (Å²) in [6.07, 6.45) is 0.632. The molecule has 0 fully saturated rings. The molecule has 0 saturated heterocycles. The Morgan fingerprint density at radius 1 is 1.38 bits per heavy atom. The minimum absolute atomic E-state index is 0.0880. The van der Waals surface area contributed by atoms with Gasteiger partial charge in [-0.15, -0.1) is 0 Å². The van der Waals surface area contributed by atoms with Crippen LogP contribution in [0.2, 0.25) is 0 Å². The Morgan fingerprint density at radius 2 is 2.05 bits per heavy atom. The van der Waals surface area contributed by atoms with Crippen LogP contribution < -0.4 is 10.5 Å². The monoisotopic (exact) mass is 294 g/mol. The van der Waals surface area contributed by atoms with Gasteiger partial charge in [-0.05, 0) is 18.4 Å². The molecule has 1 atom stereocenters. The molecule has 1 rings (SSSR count). The molecule has 0 aliphatic heterocycles. The number of carbonyl (C=O) groups excluding carboxylic acids is 1. The molecule has 0 spiro atoms. The lowest BCUT2D eigenvalue weighted by Crippen LogP contribution is -2.45. The quantitative estimate of drug-likeness (QED) is 0.759. The Hall–Kier alpha value is -1.59. The van der Waals surface area contributed by atoms with Gasteiger partial charge >= 0.3 is 0 Å². The highest BCUT2D eigenvalue weighted by Gasteiger charge is 2.22. The predicted molar refractivity (Wildman–Crippen MR) is 82.9 cm³/mol. The number of hydrogen-bond donors (Lipinski definition) is 2. The molecule has 118 valence electrons. The average Bonchev–Trinajstić information content (AvgIpc) is 2.45. The molecular formula is C16H26N2O3. The van der Waals surface area contributed by atoms with Gasteiger partial charge in [0.2, 0.25) is 5.91 Å². The van der Waals surface area contributed by atoms with Gasteiger partial charge < -0.3 is 20.5 Å². The first-order chi connectivity index (χ1) is 9.99. The summed E-state index contributed by atoms with van der Waals surface area (Å²) in [6.45, 7) is 4.63. The molecule has 21 heavy (non-hydrogen) atoms. The lowest BCUT2D eigenvalue weighted by atomic mass is 10.0. The minimum Gasteiger partial charge on any atom is -0.496 e. The first kappa shape index (κ1) is 17.5. The molecule has 5 heteroatoms. The van der Waals surface area contributed by atoms with Crippen molar-refractivity contribution in [2.24, 2.45) is 11.7 Å². The number of nitrogens with zero attached hydrogens (tertiary/aromatic N) is 1. The predicted octanol–water partition coefficient (Wildman–Crippen LogP) is 1.39. The number of benzene rings is 1. The average molecular weight is 294 g/mol. The van der Waals surface area contributed by atoms with Gasteiger partial charge in [-0.3, -0.25) is 4.79 Å². The highest BCUT2D eigenvalue weighted by molar-refractivity contribution is 5.81. The van der Waals surface area contributed by atoms with Crippen molar-refractivity contribution in [2.45, 2.75) is 32.9 Å². The molecule has 0 aliphatic carbocycles. The number of hydrogen-bond acceptors (Lipinski definition) is 4. The molecule has 0 bridgehead atoms. The third kappa shape index (κ3) is 5.36. The van der Waals surface area contributed by atoms with Crippen molar-refractivity contribution in [3.8, 4) is 5.75 Å². The zero-order chi connectivity index (χ0) is 15.8. The number of aliphatic hydroxyl groups excluding tert-OH is 1. The minimum atomic E-state index is -0.536. The molecule has 1 amide bonds. The fourth-order valence-corrected chi connectivity index (χ4v) is 2.27. The lowest BCUT2D eigenvalue weighted by Gasteiger charge is -2.26. The second-order valence-corrected chi connectivity index (χ2v) is 5.53. The number of ether oxygens (including phenoxy) is 1. The van der Waals surface area contributed by atoms with Crippen molar-refractivity contribution in [3.05, 3.63) is 29.8 Å². The van der Waals surface area contributed by atoms with Crippen LogP contribution in [-0.4, -0.2) is 42.2 Å².